The van der Waals surface area contributed by atoms with Crippen molar-refractivity contribution in [1.29, 1.82) is 0 Å². The van der Waals surface area contributed by atoms with E-state index in [0.29, 0.717) is 24.7 Å². The van der Waals surface area contributed by atoms with Crippen molar-refractivity contribution in [2.45, 2.75) is 64.8 Å². The average Bonchev–Trinajstić information content (AvgIpc) is 3.53. The molecule has 0 atom stereocenters. The number of nitrogens with zero attached hydrogens (tertiary/aromatic N) is 5. The van der Waals surface area contributed by atoms with Gasteiger partial charge in [0, 0.05) is 41.1 Å². The van der Waals surface area contributed by atoms with Crippen molar-refractivity contribution in [3.05, 3.63) is 83.2 Å². The third-order valence-corrected chi connectivity index (χ3v) is 9.72. The van der Waals surface area contributed by atoms with Crippen LogP contribution in [0.25, 0.3) is 22.3 Å². The second-order valence-corrected chi connectivity index (χ2v) is 23.8. The third-order valence-electron chi connectivity index (χ3n) is 6.31. The summed E-state index contributed by atoms with van der Waals surface area (Å²) in [6, 6.07) is 21.5. The van der Waals surface area contributed by atoms with Crippen molar-refractivity contribution in [3.63, 3.8) is 0 Å². The molecule has 0 unspecified atom stereocenters. The van der Waals surface area contributed by atoms with Crippen LogP contribution in [0.15, 0.2) is 73.1 Å². The van der Waals surface area contributed by atoms with Crippen molar-refractivity contribution in [2.24, 2.45) is 0 Å². The van der Waals surface area contributed by atoms with Gasteiger partial charge in [0.15, 0.2) is 12.5 Å². The van der Waals surface area contributed by atoms with Crippen LogP contribution >= 0.6 is 0 Å². The Balaban J connectivity index is 0.000000231. The van der Waals surface area contributed by atoms with Gasteiger partial charge in [0.25, 0.3) is 0 Å². The predicted octanol–water partition coefficient (Wildman–Crippen LogP) is 7.22. The summed E-state index contributed by atoms with van der Waals surface area (Å²) in [4.78, 5) is 10.7. The Labute approximate surface area is 250 Å². The molecule has 0 aliphatic heterocycles. The normalized spacial score (nSPS) is 11.7. The fourth-order valence-electron chi connectivity index (χ4n) is 3.85. The van der Waals surface area contributed by atoms with E-state index in [9.17, 15) is 10.1 Å². The summed E-state index contributed by atoms with van der Waals surface area (Å²) in [6.45, 7) is 16.0. The number of nitrogens with two attached hydrogens (primary N) is 1. The molecule has 226 valence electrons. The number of aromatic nitrogens is 4. The number of hydrogen-bond acceptors (Lipinski definition) is 7. The molecule has 0 aliphatic rings. The molecular formula is C30H44N6O4Si2. The molecule has 4 aromatic rings. The summed E-state index contributed by atoms with van der Waals surface area (Å²) < 4.78 is 14.5. The van der Waals surface area contributed by atoms with Crippen LogP contribution in [0.2, 0.25) is 51.4 Å². The smallest absolute Gasteiger partial charge is 0.382 e. The summed E-state index contributed by atoms with van der Waals surface area (Å²) in [6.07, 6.45) is 3.61. The highest BCUT2D eigenvalue weighted by atomic mass is 28.3. The lowest BCUT2D eigenvalue weighted by Gasteiger charge is -2.15. The van der Waals surface area contributed by atoms with Crippen LogP contribution in [-0.2, 0) is 22.9 Å². The van der Waals surface area contributed by atoms with Gasteiger partial charge in [0.05, 0.1) is 11.3 Å². The Hall–Kier alpha value is -3.59. The van der Waals surface area contributed by atoms with Crippen LogP contribution in [0.5, 0.6) is 0 Å². The van der Waals surface area contributed by atoms with E-state index in [1.165, 1.54) is 4.68 Å². The number of nitro groups is 1. The van der Waals surface area contributed by atoms with Crippen molar-refractivity contribution in [3.8, 4) is 22.3 Å². The van der Waals surface area contributed by atoms with E-state index in [2.05, 4.69) is 49.5 Å². The second-order valence-electron chi connectivity index (χ2n) is 12.6. The highest BCUT2D eigenvalue weighted by molar-refractivity contribution is 6.76. The lowest BCUT2D eigenvalue weighted by molar-refractivity contribution is -0.389. The van der Waals surface area contributed by atoms with Crippen molar-refractivity contribution < 1.29 is 14.4 Å². The molecule has 0 saturated heterocycles. The van der Waals surface area contributed by atoms with E-state index in [1.54, 1.807) is 10.9 Å². The largest absolute Gasteiger partial charge is 0.397 e. The van der Waals surface area contributed by atoms with Crippen LogP contribution in [0.1, 0.15) is 0 Å². The number of hydrogen-bond donors (Lipinski definition) is 1. The molecular weight excluding hydrogens is 565 g/mol. The molecule has 0 radical (unpaired) electrons. The first-order valence-corrected chi connectivity index (χ1v) is 21.5. The zero-order valence-corrected chi connectivity index (χ0v) is 27.6. The van der Waals surface area contributed by atoms with Gasteiger partial charge in [-0.15, -0.1) is 0 Å². The zero-order chi connectivity index (χ0) is 30.8. The van der Waals surface area contributed by atoms with Gasteiger partial charge in [-0.2, -0.15) is 9.78 Å². The van der Waals surface area contributed by atoms with Crippen molar-refractivity contribution in [1.82, 2.24) is 19.6 Å². The maximum atomic E-state index is 11.2. The lowest BCUT2D eigenvalue weighted by Crippen LogP contribution is -2.22. The quantitative estimate of drug-likeness (QED) is 0.0736. The van der Waals surface area contributed by atoms with Gasteiger partial charge < -0.3 is 25.3 Å². The number of benzene rings is 2. The second kappa shape index (κ2) is 15.0. The minimum Gasteiger partial charge on any atom is -0.382 e. The molecule has 42 heavy (non-hydrogen) atoms. The summed E-state index contributed by atoms with van der Waals surface area (Å²) in [5, 5.41) is 19.5. The summed E-state index contributed by atoms with van der Waals surface area (Å²) >= 11 is 0. The molecule has 0 amide bonds. The zero-order valence-electron chi connectivity index (χ0n) is 25.6. The standard InChI is InChI=1S/C15H21N3O3Si.C15H23N3OSi/c1-22(2,3)10-9-21-12-17-11-14(15(16-17)18(19)20)13-7-5-4-6-8-13;1-20(2,3)10-9-19-12-18-11-14(15(16)17-18)13-7-5-4-6-8-13/h4-8,11H,9-10,12H2,1-3H3;4-8,11H,9-10,12H2,1-3H3,(H2,16,17). The van der Waals surface area contributed by atoms with E-state index in [-0.39, 0.29) is 12.5 Å². The molecule has 2 aromatic heterocycles. The molecule has 4 rings (SSSR count). The molecule has 0 fully saturated rings. The minimum absolute atomic E-state index is 0.139. The Morgan fingerprint density at radius 2 is 1.17 bits per heavy atom. The first kappa shape index (κ1) is 32.9. The molecule has 10 nitrogen and oxygen atoms in total. The van der Waals surface area contributed by atoms with E-state index >= 15 is 0 Å². The van der Waals surface area contributed by atoms with E-state index in [4.69, 9.17) is 15.2 Å². The molecule has 0 spiro atoms. The van der Waals surface area contributed by atoms with Crippen LogP contribution in [0.4, 0.5) is 11.6 Å². The molecule has 0 aliphatic carbocycles. The fourth-order valence-corrected chi connectivity index (χ4v) is 5.36. The lowest BCUT2D eigenvalue weighted by atomic mass is 10.1. The summed E-state index contributed by atoms with van der Waals surface area (Å²) in [5.41, 5.74) is 9.30. The van der Waals surface area contributed by atoms with Gasteiger partial charge in [-0.05, 0) is 28.1 Å². The van der Waals surface area contributed by atoms with Crippen LogP contribution in [-0.4, -0.2) is 53.8 Å². The molecule has 12 heteroatoms. The molecule has 0 bridgehead atoms. The number of rotatable bonds is 13. The summed E-state index contributed by atoms with van der Waals surface area (Å²) in [5.74, 6) is 0.407. The SMILES string of the molecule is C[Si](C)(C)CCOCn1cc(-c2ccccc2)c(N)n1.C[Si](C)(C)CCOCn1cc(-c2ccccc2)c([N+](=O)[O-])n1. The Kier molecular flexibility index (Phi) is 11.8. The molecule has 2 N–H and O–H groups in total. The maximum Gasteiger partial charge on any atom is 0.397 e. The fraction of sp³-hybridized carbons (Fsp3) is 0.400. The first-order chi connectivity index (χ1) is 19.8. The third kappa shape index (κ3) is 11.0. The van der Waals surface area contributed by atoms with Crippen LogP contribution in [0, 0.1) is 10.1 Å². The summed E-state index contributed by atoms with van der Waals surface area (Å²) in [7, 11) is -2.17. The van der Waals surface area contributed by atoms with Gasteiger partial charge in [-0.1, -0.05) is 99.9 Å². The van der Waals surface area contributed by atoms with Gasteiger partial charge >= 0.3 is 5.82 Å². The van der Waals surface area contributed by atoms with Crippen molar-refractivity contribution >= 4 is 27.8 Å². The first-order valence-electron chi connectivity index (χ1n) is 14.1. The van der Waals surface area contributed by atoms with E-state index in [1.807, 2.05) is 66.9 Å². The Bertz CT molecular complexity index is 1400. The van der Waals surface area contributed by atoms with Crippen LogP contribution < -0.4 is 5.73 Å². The molecule has 2 aromatic carbocycles. The predicted molar refractivity (Wildman–Crippen MR) is 175 cm³/mol. The van der Waals surface area contributed by atoms with Gasteiger partial charge in [0.2, 0.25) is 0 Å². The highest BCUT2D eigenvalue weighted by Gasteiger charge is 2.22. The molecule has 0 saturated carbocycles. The number of anilines is 1. The Morgan fingerprint density at radius 1 is 0.738 bits per heavy atom. The highest BCUT2D eigenvalue weighted by Crippen LogP contribution is 2.28. The number of nitrogen functional groups attached to an aromatic ring is 1. The van der Waals surface area contributed by atoms with Gasteiger partial charge in [-0.25, -0.2) is 4.68 Å². The number of ether oxygens (including phenoxy) is 2. The van der Waals surface area contributed by atoms with E-state index < -0.39 is 21.1 Å². The molecule has 2 heterocycles. The maximum absolute atomic E-state index is 11.2. The monoisotopic (exact) mass is 608 g/mol. The van der Waals surface area contributed by atoms with Gasteiger partial charge in [0.1, 0.15) is 12.3 Å². The van der Waals surface area contributed by atoms with Gasteiger partial charge in [-0.3, -0.25) is 0 Å². The minimum atomic E-state index is -1.13. The van der Waals surface area contributed by atoms with E-state index in [0.717, 1.165) is 35.4 Å². The van der Waals surface area contributed by atoms with Crippen LogP contribution in [0.3, 0.4) is 0 Å². The Morgan fingerprint density at radius 3 is 1.62 bits per heavy atom. The topological polar surface area (TPSA) is 123 Å². The average molecular weight is 609 g/mol. The van der Waals surface area contributed by atoms with Crippen molar-refractivity contribution in [2.75, 3.05) is 18.9 Å².